The maximum absolute atomic E-state index is 13.0. The third-order valence-electron chi connectivity index (χ3n) is 3.18. The highest BCUT2D eigenvalue weighted by atomic mass is 19.1. The van der Waals surface area contributed by atoms with Gasteiger partial charge in [-0.3, -0.25) is 4.98 Å². The predicted molar refractivity (Wildman–Crippen MR) is 74.4 cm³/mol. The molecule has 0 unspecified atom stereocenters. The Kier molecular flexibility index (Phi) is 3.96. The second kappa shape index (κ2) is 5.49. The van der Waals surface area contributed by atoms with Gasteiger partial charge in [0.05, 0.1) is 12.3 Å². The number of rotatable bonds is 3. The quantitative estimate of drug-likeness (QED) is 0.909. The van der Waals surface area contributed by atoms with Crippen LogP contribution in [0.15, 0.2) is 30.3 Å². The van der Waals surface area contributed by atoms with Crippen LogP contribution in [0.5, 0.6) is 0 Å². The number of benzene rings is 1. The monoisotopic (exact) mass is 259 g/mol. The zero-order chi connectivity index (χ0) is 14.0. The van der Waals surface area contributed by atoms with E-state index in [4.69, 9.17) is 0 Å². The number of aromatic nitrogens is 1. The second-order valence-corrected chi connectivity index (χ2v) is 5.00. The molecule has 2 rings (SSSR count). The molecule has 1 aromatic heterocycles. The van der Waals surface area contributed by atoms with Gasteiger partial charge in [0.1, 0.15) is 5.82 Å². The fourth-order valence-electron chi connectivity index (χ4n) is 2.25. The highest BCUT2D eigenvalue weighted by Gasteiger charge is 2.14. The number of aliphatic hydroxyl groups is 1. The molecule has 0 bridgehead atoms. The lowest BCUT2D eigenvalue weighted by molar-refractivity contribution is 0.280. The molecule has 0 radical (unpaired) electrons. The van der Waals surface area contributed by atoms with Gasteiger partial charge in [-0.15, -0.1) is 0 Å². The van der Waals surface area contributed by atoms with E-state index in [1.165, 1.54) is 12.1 Å². The van der Waals surface area contributed by atoms with E-state index in [1.54, 1.807) is 12.1 Å². The summed E-state index contributed by atoms with van der Waals surface area (Å²) in [6.45, 7) is 6.04. The maximum Gasteiger partial charge on any atom is 0.123 e. The fraction of sp³-hybridized carbons (Fsp3) is 0.312. The molecule has 0 fully saturated rings. The van der Waals surface area contributed by atoms with Crippen molar-refractivity contribution in [3.05, 3.63) is 53.0 Å². The van der Waals surface area contributed by atoms with Gasteiger partial charge in [0.25, 0.3) is 0 Å². The average Bonchev–Trinajstić information content (AvgIpc) is 2.38. The Labute approximate surface area is 112 Å². The van der Waals surface area contributed by atoms with E-state index in [1.807, 2.05) is 13.0 Å². The Balaban J connectivity index is 2.64. The Bertz CT molecular complexity index is 576. The van der Waals surface area contributed by atoms with Gasteiger partial charge < -0.3 is 5.11 Å². The van der Waals surface area contributed by atoms with Crippen LogP contribution in [0.3, 0.4) is 0 Å². The van der Waals surface area contributed by atoms with Crippen LogP contribution in [0.2, 0.25) is 0 Å². The number of aliphatic hydroxyl groups excluding tert-OH is 1. The van der Waals surface area contributed by atoms with Crippen molar-refractivity contribution in [1.29, 1.82) is 0 Å². The van der Waals surface area contributed by atoms with Crippen molar-refractivity contribution >= 4 is 0 Å². The van der Waals surface area contributed by atoms with E-state index in [2.05, 4.69) is 18.8 Å². The van der Waals surface area contributed by atoms with Crippen LogP contribution in [-0.2, 0) is 6.61 Å². The molecule has 1 N–H and O–H groups in total. The zero-order valence-electron chi connectivity index (χ0n) is 11.4. The van der Waals surface area contributed by atoms with Crippen molar-refractivity contribution in [2.45, 2.75) is 33.3 Å². The summed E-state index contributed by atoms with van der Waals surface area (Å²) >= 11 is 0. The molecule has 2 aromatic rings. The normalized spacial score (nSPS) is 11.1. The van der Waals surface area contributed by atoms with Gasteiger partial charge in [-0.1, -0.05) is 13.8 Å². The molecule has 0 aliphatic carbocycles. The summed E-state index contributed by atoms with van der Waals surface area (Å²) in [6, 6.07) is 8.22. The summed E-state index contributed by atoms with van der Waals surface area (Å²) in [5.74, 6) is 0.0362. The second-order valence-electron chi connectivity index (χ2n) is 5.00. The summed E-state index contributed by atoms with van der Waals surface area (Å²) < 4.78 is 13.0. The van der Waals surface area contributed by atoms with Gasteiger partial charge in [0.2, 0.25) is 0 Å². The average molecular weight is 259 g/mol. The number of aryl methyl sites for hydroxylation is 1. The molecule has 0 amide bonds. The summed E-state index contributed by atoms with van der Waals surface area (Å²) in [6.07, 6.45) is 0. The number of pyridine rings is 1. The van der Waals surface area contributed by atoms with E-state index in [0.29, 0.717) is 5.92 Å². The molecule has 0 atom stereocenters. The topological polar surface area (TPSA) is 33.1 Å². The van der Waals surface area contributed by atoms with Gasteiger partial charge in [-0.05, 0) is 48.7 Å². The number of halogens is 1. The van der Waals surface area contributed by atoms with Crippen molar-refractivity contribution in [1.82, 2.24) is 4.98 Å². The lowest BCUT2D eigenvalue weighted by Gasteiger charge is -2.16. The van der Waals surface area contributed by atoms with Crippen LogP contribution < -0.4 is 0 Å². The Morgan fingerprint density at radius 1 is 1.21 bits per heavy atom. The largest absolute Gasteiger partial charge is 0.392 e. The van der Waals surface area contributed by atoms with Crippen LogP contribution in [0.4, 0.5) is 4.39 Å². The van der Waals surface area contributed by atoms with Crippen LogP contribution >= 0.6 is 0 Å². The summed E-state index contributed by atoms with van der Waals surface area (Å²) in [4.78, 5) is 4.50. The highest BCUT2D eigenvalue weighted by molar-refractivity contribution is 5.65. The molecule has 19 heavy (non-hydrogen) atoms. The van der Waals surface area contributed by atoms with Gasteiger partial charge >= 0.3 is 0 Å². The van der Waals surface area contributed by atoms with Crippen LogP contribution in [0, 0.1) is 12.7 Å². The molecule has 0 saturated carbocycles. The van der Waals surface area contributed by atoms with Crippen molar-refractivity contribution in [2.24, 2.45) is 0 Å². The highest BCUT2D eigenvalue weighted by Crippen LogP contribution is 2.29. The minimum atomic E-state index is -0.272. The molecular formula is C16H18FNO. The summed E-state index contributed by atoms with van der Waals surface area (Å²) in [5.41, 5.74) is 4.39. The van der Waals surface area contributed by atoms with E-state index in [0.717, 1.165) is 28.1 Å². The Hall–Kier alpha value is -1.74. The molecule has 0 saturated heterocycles. The number of nitrogens with zero attached hydrogens (tertiary/aromatic N) is 1. The number of hydrogen-bond acceptors (Lipinski definition) is 2. The molecule has 3 heteroatoms. The smallest absolute Gasteiger partial charge is 0.123 e. The molecule has 0 aliphatic heterocycles. The van der Waals surface area contributed by atoms with Crippen molar-refractivity contribution in [3.8, 4) is 11.3 Å². The van der Waals surface area contributed by atoms with E-state index < -0.39 is 0 Å². The minimum absolute atomic E-state index is 0.0620. The first-order valence-corrected chi connectivity index (χ1v) is 6.40. The van der Waals surface area contributed by atoms with Crippen LogP contribution in [0.1, 0.15) is 36.6 Å². The number of hydrogen-bond donors (Lipinski definition) is 1. The Morgan fingerprint density at radius 3 is 2.37 bits per heavy atom. The predicted octanol–water partition coefficient (Wildman–Crippen LogP) is 3.81. The minimum Gasteiger partial charge on any atom is -0.392 e. The Morgan fingerprint density at radius 2 is 1.84 bits per heavy atom. The summed E-state index contributed by atoms with van der Waals surface area (Å²) in [5, 5.41) is 9.64. The van der Waals surface area contributed by atoms with E-state index in [9.17, 15) is 9.50 Å². The maximum atomic E-state index is 13.0. The van der Waals surface area contributed by atoms with Gasteiger partial charge in [0, 0.05) is 16.8 Å². The first-order valence-electron chi connectivity index (χ1n) is 6.40. The fourth-order valence-corrected chi connectivity index (χ4v) is 2.25. The van der Waals surface area contributed by atoms with E-state index >= 15 is 0 Å². The third kappa shape index (κ3) is 2.82. The standard InChI is InChI=1S/C16H18FNO/c1-10(2)14-8-11(3)18-16(15(14)9-19)12-4-6-13(17)7-5-12/h4-8,10,19H,9H2,1-3H3. The zero-order valence-corrected chi connectivity index (χ0v) is 11.4. The molecule has 1 heterocycles. The van der Waals surface area contributed by atoms with Gasteiger partial charge in [0.15, 0.2) is 0 Å². The summed E-state index contributed by atoms with van der Waals surface area (Å²) in [7, 11) is 0. The lowest BCUT2D eigenvalue weighted by atomic mass is 9.93. The van der Waals surface area contributed by atoms with Gasteiger partial charge in [-0.25, -0.2) is 4.39 Å². The third-order valence-corrected chi connectivity index (χ3v) is 3.18. The van der Waals surface area contributed by atoms with Crippen LogP contribution in [0.25, 0.3) is 11.3 Å². The molecular weight excluding hydrogens is 241 g/mol. The van der Waals surface area contributed by atoms with Crippen molar-refractivity contribution < 1.29 is 9.50 Å². The molecule has 100 valence electrons. The van der Waals surface area contributed by atoms with E-state index in [-0.39, 0.29) is 12.4 Å². The lowest BCUT2D eigenvalue weighted by Crippen LogP contribution is -2.03. The van der Waals surface area contributed by atoms with Crippen molar-refractivity contribution in [2.75, 3.05) is 0 Å². The molecule has 0 aliphatic rings. The molecule has 0 spiro atoms. The molecule has 1 aromatic carbocycles. The SMILES string of the molecule is Cc1cc(C(C)C)c(CO)c(-c2ccc(F)cc2)n1. The first kappa shape index (κ1) is 13.7. The molecule has 2 nitrogen and oxygen atoms in total. The van der Waals surface area contributed by atoms with Crippen LogP contribution in [-0.4, -0.2) is 10.1 Å². The van der Waals surface area contributed by atoms with Gasteiger partial charge in [-0.2, -0.15) is 0 Å². The van der Waals surface area contributed by atoms with Crippen molar-refractivity contribution in [3.63, 3.8) is 0 Å². The first-order chi connectivity index (χ1) is 9.02.